The summed E-state index contributed by atoms with van der Waals surface area (Å²) in [5, 5.41) is 28.5. The summed E-state index contributed by atoms with van der Waals surface area (Å²) in [5.74, 6) is -0.178. The van der Waals surface area contributed by atoms with Crippen molar-refractivity contribution in [1.82, 2.24) is 15.2 Å². The van der Waals surface area contributed by atoms with E-state index in [1.807, 2.05) is 90.4 Å². The van der Waals surface area contributed by atoms with Gasteiger partial charge < -0.3 is 25.3 Å². The maximum absolute atomic E-state index is 13.3. The number of benzene rings is 3. The highest BCUT2D eigenvalue weighted by Crippen LogP contribution is 2.45. The Kier molecular flexibility index (Phi) is 7.23. The molecule has 3 unspecified atom stereocenters. The van der Waals surface area contributed by atoms with Crippen molar-refractivity contribution in [3.63, 3.8) is 0 Å². The summed E-state index contributed by atoms with van der Waals surface area (Å²) in [5.41, 5.74) is 9.70. The maximum Gasteiger partial charge on any atom is 0.253 e. The van der Waals surface area contributed by atoms with Gasteiger partial charge in [-0.15, -0.1) is 0 Å². The fourth-order valence-corrected chi connectivity index (χ4v) is 6.06. The van der Waals surface area contributed by atoms with Gasteiger partial charge in [-0.1, -0.05) is 62.4 Å². The zero-order valence-electron chi connectivity index (χ0n) is 23.2. The minimum Gasteiger partial charge on any atom is -0.392 e. The van der Waals surface area contributed by atoms with E-state index in [0.717, 1.165) is 39.2 Å². The normalized spacial score (nSPS) is 21.5. The Balaban J connectivity index is 1.30. The summed E-state index contributed by atoms with van der Waals surface area (Å²) >= 11 is 0. The number of hydrogen-bond donors (Lipinski definition) is 4. The lowest BCUT2D eigenvalue weighted by Crippen LogP contribution is -2.51. The van der Waals surface area contributed by atoms with Crippen molar-refractivity contribution in [1.29, 1.82) is 0 Å². The van der Waals surface area contributed by atoms with E-state index in [-0.39, 0.29) is 36.3 Å². The van der Waals surface area contributed by atoms with Crippen molar-refractivity contribution < 1.29 is 19.8 Å². The van der Waals surface area contributed by atoms with Crippen LogP contribution in [0, 0.1) is 5.92 Å². The van der Waals surface area contributed by atoms with Crippen molar-refractivity contribution in [2.45, 2.75) is 38.6 Å². The van der Waals surface area contributed by atoms with E-state index in [9.17, 15) is 19.8 Å². The Hall–Kier alpha value is -4.21. The zero-order valence-corrected chi connectivity index (χ0v) is 23.2. The average molecular weight is 554 g/mol. The molecular weight excluding hydrogens is 518 g/mol. The van der Waals surface area contributed by atoms with Crippen LogP contribution in [0.2, 0.25) is 0 Å². The predicted octanol–water partition coefficient (Wildman–Crippen LogP) is 3.37. The number of aliphatic hydroxyl groups is 2. The molecule has 3 aliphatic heterocycles. The first-order valence-electron chi connectivity index (χ1n) is 14.1. The third kappa shape index (κ3) is 4.96. The molecule has 9 heteroatoms. The molecule has 3 aromatic rings. The molecule has 0 aliphatic carbocycles. The summed E-state index contributed by atoms with van der Waals surface area (Å²) in [7, 11) is 0. The van der Waals surface area contributed by atoms with Gasteiger partial charge in [0.1, 0.15) is 0 Å². The van der Waals surface area contributed by atoms with Gasteiger partial charge in [0.25, 0.3) is 5.91 Å². The summed E-state index contributed by atoms with van der Waals surface area (Å²) in [6.07, 6.45) is -0.896. The first-order valence-corrected chi connectivity index (χ1v) is 14.1. The average Bonchev–Trinajstić information content (AvgIpc) is 3.02. The van der Waals surface area contributed by atoms with E-state index in [0.29, 0.717) is 31.7 Å². The van der Waals surface area contributed by atoms with Crippen LogP contribution in [0.3, 0.4) is 0 Å². The highest BCUT2D eigenvalue weighted by Gasteiger charge is 2.40. The molecule has 1 fully saturated rings. The van der Waals surface area contributed by atoms with Crippen molar-refractivity contribution in [3.05, 3.63) is 100 Å². The van der Waals surface area contributed by atoms with Crippen LogP contribution in [0.1, 0.15) is 70.2 Å². The van der Waals surface area contributed by atoms with Gasteiger partial charge in [0.2, 0.25) is 5.91 Å². The van der Waals surface area contributed by atoms with Crippen molar-refractivity contribution in [2.24, 2.45) is 11.0 Å². The molecule has 41 heavy (non-hydrogen) atoms. The molecular formula is C32H35N5O4. The minimum atomic E-state index is -0.896. The first kappa shape index (κ1) is 27.0. The second-order valence-electron chi connectivity index (χ2n) is 11.2. The largest absolute Gasteiger partial charge is 0.392 e. The number of carbonyl (C=O) groups is 2. The molecule has 6 rings (SSSR count). The first-order chi connectivity index (χ1) is 19.9. The number of carbonyl (C=O) groups excluding carboxylic acids is 2. The van der Waals surface area contributed by atoms with E-state index in [1.54, 1.807) is 0 Å². The maximum atomic E-state index is 13.3. The van der Waals surface area contributed by atoms with Crippen LogP contribution in [0.5, 0.6) is 0 Å². The van der Waals surface area contributed by atoms with Crippen LogP contribution in [-0.2, 0) is 11.4 Å². The number of hydrazone groups is 1. The standard InChI is InChI=1S/C32H35N5O4/c1-19(2)31(40)36-14-16-37(17-15-36)32(41)23-12-10-21(11-13-23)26-28(22-8-6-20(18-38)7-9-22)33-25-5-3-4-24-27(25)29(26)34-35-30(24)39/h3-13,19,26,28,30,33,35,38-39H,14-18H2,1-2H3. The molecule has 1 saturated heterocycles. The summed E-state index contributed by atoms with van der Waals surface area (Å²) in [6, 6.07) is 21.2. The Morgan fingerprint density at radius 2 is 1.59 bits per heavy atom. The van der Waals surface area contributed by atoms with Gasteiger partial charge in [-0.25, -0.2) is 0 Å². The van der Waals surface area contributed by atoms with Gasteiger partial charge in [-0.3, -0.25) is 15.0 Å². The van der Waals surface area contributed by atoms with Crippen molar-refractivity contribution in [3.8, 4) is 0 Å². The lowest BCUT2D eigenvalue weighted by molar-refractivity contribution is -0.135. The number of anilines is 1. The zero-order chi connectivity index (χ0) is 28.7. The minimum absolute atomic E-state index is 0.0267. The van der Waals surface area contributed by atoms with E-state index < -0.39 is 6.23 Å². The predicted molar refractivity (Wildman–Crippen MR) is 156 cm³/mol. The van der Waals surface area contributed by atoms with Gasteiger partial charge in [-0.2, -0.15) is 5.10 Å². The highest BCUT2D eigenvalue weighted by atomic mass is 16.3. The number of piperazine rings is 1. The smallest absolute Gasteiger partial charge is 0.253 e. The Morgan fingerprint density at radius 1 is 0.927 bits per heavy atom. The molecule has 3 atom stereocenters. The molecule has 0 spiro atoms. The molecule has 0 aromatic heterocycles. The van der Waals surface area contributed by atoms with E-state index in [1.165, 1.54) is 0 Å². The van der Waals surface area contributed by atoms with Crippen LogP contribution in [-0.4, -0.2) is 63.7 Å². The fraction of sp³-hybridized carbons (Fsp3) is 0.344. The molecule has 3 aromatic carbocycles. The second kappa shape index (κ2) is 11.0. The lowest BCUT2D eigenvalue weighted by atomic mass is 9.76. The van der Waals surface area contributed by atoms with Gasteiger partial charge in [0, 0.05) is 54.5 Å². The van der Waals surface area contributed by atoms with Crippen LogP contribution in [0.15, 0.2) is 71.8 Å². The van der Waals surface area contributed by atoms with Crippen LogP contribution >= 0.6 is 0 Å². The Morgan fingerprint density at radius 3 is 2.24 bits per heavy atom. The van der Waals surface area contributed by atoms with Gasteiger partial charge in [0.05, 0.1) is 24.3 Å². The van der Waals surface area contributed by atoms with E-state index in [4.69, 9.17) is 0 Å². The summed E-state index contributed by atoms with van der Waals surface area (Å²) < 4.78 is 0. The van der Waals surface area contributed by atoms with Crippen LogP contribution < -0.4 is 10.7 Å². The van der Waals surface area contributed by atoms with Crippen molar-refractivity contribution >= 4 is 23.2 Å². The van der Waals surface area contributed by atoms with Crippen LogP contribution in [0.25, 0.3) is 0 Å². The van der Waals surface area contributed by atoms with Gasteiger partial charge in [0.15, 0.2) is 6.23 Å². The Bertz CT molecular complexity index is 1480. The lowest BCUT2D eigenvalue weighted by Gasteiger charge is -2.39. The third-order valence-electron chi connectivity index (χ3n) is 8.30. The van der Waals surface area contributed by atoms with Gasteiger partial charge in [-0.05, 0) is 34.9 Å². The molecule has 9 nitrogen and oxygen atoms in total. The molecule has 212 valence electrons. The monoisotopic (exact) mass is 553 g/mol. The number of rotatable bonds is 5. The van der Waals surface area contributed by atoms with Crippen molar-refractivity contribution in [2.75, 3.05) is 31.5 Å². The summed E-state index contributed by atoms with van der Waals surface area (Å²) in [4.78, 5) is 29.3. The quantitative estimate of drug-likeness (QED) is 0.385. The van der Waals surface area contributed by atoms with E-state index in [2.05, 4.69) is 15.8 Å². The van der Waals surface area contributed by atoms with Crippen LogP contribution in [0.4, 0.5) is 5.69 Å². The topological polar surface area (TPSA) is 118 Å². The SMILES string of the molecule is CC(C)C(=O)N1CCN(C(=O)c2ccc(C3C4=NNC(O)c5cccc(c54)NC3c3ccc(CO)cc3)cc2)CC1. The number of amides is 2. The Labute approximate surface area is 239 Å². The number of nitrogens with one attached hydrogen (secondary N) is 2. The summed E-state index contributed by atoms with van der Waals surface area (Å²) in [6.45, 7) is 5.89. The third-order valence-corrected chi connectivity index (χ3v) is 8.30. The number of nitrogens with zero attached hydrogens (tertiary/aromatic N) is 3. The molecule has 2 amide bonds. The number of aliphatic hydroxyl groups excluding tert-OH is 2. The number of hydrogen-bond acceptors (Lipinski definition) is 7. The van der Waals surface area contributed by atoms with Gasteiger partial charge >= 0.3 is 0 Å². The molecule has 0 radical (unpaired) electrons. The second-order valence-corrected chi connectivity index (χ2v) is 11.2. The molecule has 0 bridgehead atoms. The molecule has 4 N–H and O–H groups in total. The molecule has 3 aliphatic rings. The molecule has 3 heterocycles. The molecule has 0 saturated carbocycles. The van der Waals surface area contributed by atoms with E-state index >= 15 is 0 Å². The highest BCUT2D eigenvalue weighted by molar-refractivity contribution is 6.13. The fourth-order valence-electron chi connectivity index (χ4n) is 6.06.